The zero-order valence-corrected chi connectivity index (χ0v) is 8.41. The maximum atomic E-state index is 8.81. The molecule has 1 rings (SSSR count). The molecule has 0 aromatic carbocycles. The van der Waals surface area contributed by atoms with E-state index in [1.165, 1.54) is 5.56 Å². The highest BCUT2D eigenvalue weighted by Gasteiger charge is 2.16. The van der Waals surface area contributed by atoms with Gasteiger partial charge in [-0.25, -0.2) is 0 Å². The number of nitriles is 1. The van der Waals surface area contributed by atoms with Gasteiger partial charge in [0.05, 0.1) is 17.7 Å². The second-order valence-electron chi connectivity index (χ2n) is 4.02. The Hall–Kier alpha value is -1.30. The smallest absolute Gasteiger partial charge is 0.0684 e. The molecule has 0 aliphatic rings. The molecule has 0 saturated carbocycles. The third kappa shape index (κ3) is 2.90. The van der Waals surface area contributed by atoms with E-state index in [1.54, 1.807) is 4.68 Å². The van der Waals surface area contributed by atoms with Crippen LogP contribution < -0.4 is 0 Å². The lowest BCUT2D eigenvalue weighted by Gasteiger charge is -2.13. The van der Waals surface area contributed by atoms with Gasteiger partial charge in [0.2, 0.25) is 0 Å². The highest BCUT2D eigenvalue weighted by Crippen LogP contribution is 2.20. The summed E-state index contributed by atoms with van der Waals surface area (Å²) in [7, 11) is 1.90. The molecule has 0 radical (unpaired) electrons. The molecule has 0 aliphatic heterocycles. The van der Waals surface area contributed by atoms with Gasteiger partial charge >= 0.3 is 0 Å². The molecule has 0 aliphatic carbocycles. The first-order valence-corrected chi connectivity index (χ1v) is 4.42. The zero-order valence-electron chi connectivity index (χ0n) is 8.41. The van der Waals surface area contributed by atoms with Crippen molar-refractivity contribution in [1.82, 2.24) is 9.78 Å². The van der Waals surface area contributed by atoms with E-state index >= 15 is 0 Å². The largest absolute Gasteiger partial charge is 0.276 e. The standard InChI is InChI=1S/C10H15N3/c1-10(2,8-11)5-4-9-6-12-13(3)7-9/h6-7H,4-5H2,1-3H3. The quantitative estimate of drug-likeness (QED) is 0.707. The van der Waals surface area contributed by atoms with E-state index in [4.69, 9.17) is 5.26 Å². The summed E-state index contributed by atoms with van der Waals surface area (Å²) in [5.41, 5.74) is 0.973. The number of aromatic nitrogens is 2. The molecule has 0 amide bonds. The minimum absolute atomic E-state index is 0.226. The lowest BCUT2D eigenvalue weighted by atomic mass is 9.89. The summed E-state index contributed by atoms with van der Waals surface area (Å²) in [4.78, 5) is 0. The molecule has 0 N–H and O–H groups in total. The average Bonchev–Trinajstić information content (AvgIpc) is 2.48. The average molecular weight is 177 g/mol. The maximum Gasteiger partial charge on any atom is 0.0684 e. The lowest BCUT2D eigenvalue weighted by molar-refractivity contribution is 0.452. The summed E-state index contributed by atoms with van der Waals surface area (Å²) in [6.45, 7) is 3.92. The summed E-state index contributed by atoms with van der Waals surface area (Å²) in [5.74, 6) is 0. The van der Waals surface area contributed by atoms with Crippen molar-refractivity contribution in [3.63, 3.8) is 0 Å². The predicted octanol–water partition coefficient (Wildman–Crippen LogP) is 1.90. The second kappa shape index (κ2) is 3.61. The van der Waals surface area contributed by atoms with Crippen LogP contribution in [0.25, 0.3) is 0 Å². The molecule has 0 bridgehead atoms. The number of aryl methyl sites for hydroxylation is 2. The van der Waals surface area contributed by atoms with Gasteiger partial charge in [0.1, 0.15) is 0 Å². The van der Waals surface area contributed by atoms with Gasteiger partial charge in [0.15, 0.2) is 0 Å². The molecule has 0 saturated heterocycles. The van der Waals surface area contributed by atoms with Gasteiger partial charge in [-0.15, -0.1) is 0 Å². The molecule has 0 fully saturated rings. The fraction of sp³-hybridized carbons (Fsp3) is 0.600. The van der Waals surface area contributed by atoms with Crippen LogP contribution in [0.1, 0.15) is 25.8 Å². The Bertz CT molecular complexity index is 317. The van der Waals surface area contributed by atoms with Crippen LogP contribution in [-0.2, 0) is 13.5 Å². The Morgan fingerprint density at radius 2 is 2.31 bits per heavy atom. The van der Waals surface area contributed by atoms with Crippen LogP contribution in [0.2, 0.25) is 0 Å². The van der Waals surface area contributed by atoms with Gasteiger partial charge < -0.3 is 0 Å². The molecule has 0 spiro atoms. The zero-order chi connectivity index (χ0) is 9.90. The SMILES string of the molecule is Cn1cc(CCC(C)(C)C#N)cn1. The molecule has 70 valence electrons. The van der Waals surface area contributed by atoms with Crippen LogP contribution in [0, 0.1) is 16.7 Å². The number of rotatable bonds is 3. The van der Waals surface area contributed by atoms with Crippen molar-refractivity contribution in [3.8, 4) is 6.07 Å². The molecule has 3 nitrogen and oxygen atoms in total. The van der Waals surface area contributed by atoms with Gasteiger partial charge in [-0.3, -0.25) is 4.68 Å². The Labute approximate surface area is 79.0 Å². The van der Waals surface area contributed by atoms with Crippen LogP contribution >= 0.6 is 0 Å². The van der Waals surface area contributed by atoms with Gasteiger partial charge in [-0.2, -0.15) is 10.4 Å². The minimum Gasteiger partial charge on any atom is -0.276 e. The molecule has 13 heavy (non-hydrogen) atoms. The third-order valence-electron chi connectivity index (χ3n) is 2.10. The normalized spacial score (nSPS) is 11.2. The Balaban J connectivity index is 2.49. The first kappa shape index (κ1) is 9.79. The van der Waals surface area contributed by atoms with Gasteiger partial charge in [-0.05, 0) is 32.3 Å². The van der Waals surface area contributed by atoms with Gasteiger partial charge in [0, 0.05) is 13.2 Å². The molecular formula is C10H15N3. The van der Waals surface area contributed by atoms with Crippen LogP contribution in [-0.4, -0.2) is 9.78 Å². The van der Waals surface area contributed by atoms with Crippen LogP contribution in [0.15, 0.2) is 12.4 Å². The Morgan fingerprint density at radius 1 is 1.62 bits per heavy atom. The Morgan fingerprint density at radius 3 is 2.77 bits per heavy atom. The lowest BCUT2D eigenvalue weighted by Crippen LogP contribution is -2.08. The summed E-state index contributed by atoms with van der Waals surface area (Å²) in [5, 5.41) is 12.9. The molecule has 1 heterocycles. The van der Waals surface area contributed by atoms with E-state index < -0.39 is 0 Å². The van der Waals surface area contributed by atoms with E-state index in [0.29, 0.717) is 0 Å². The van der Waals surface area contributed by atoms with E-state index in [2.05, 4.69) is 11.2 Å². The fourth-order valence-corrected chi connectivity index (χ4v) is 1.11. The van der Waals surface area contributed by atoms with Crippen molar-refractivity contribution in [2.45, 2.75) is 26.7 Å². The Kier molecular flexibility index (Phi) is 2.72. The predicted molar refractivity (Wildman–Crippen MR) is 50.9 cm³/mol. The van der Waals surface area contributed by atoms with Crippen molar-refractivity contribution < 1.29 is 0 Å². The van der Waals surface area contributed by atoms with Crippen molar-refractivity contribution in [1.29, 1.82) is 5.26 Å². The number of hydrogen-bond acceptors (Lipinski definition) is 2. The van der Waals surface area contributed by atoms with Crippen LogP contribution in [0.3, 0.4) is 0 Å². The highest BCUT2D eigenvalue weighted by atomic mass is 15.2. The second-order valence-corrected chi connectivity index (χ2v) is 4.02. The van der Waals surface area contributed by atoms with Crippen molar-refractivity contribution in [3.05, 3.63) is 18.0 Å². The fourth-order valence-electron chi connectivity index (χ4n) is 1.11. The van der Waals surface area contributed by atoms with Crippen LogP contribution in [0.4, 0.5) is 0 Å². The number of nitrogens with zero attached hydrogens (tertiary/aromatic N) is 3. The summed E-state index contributed by atoms with van der Waals surface area (Å²) >= 11 is 0. The summed E-state index contributed by atoms with van der Waals surface area (Å²) < 4.78 is 1.79. The maximum absolute atomic E-state index is 8.81. The minimum atomic E-state index is -0.226. The van der Waals surface area contributed by atoms with Crippen LogP contribution in [0.5, 0.6) is 0 Å². The third-order valence-corrected chi connectivity index (χ3v) is 2.10. The van der Waals surface area contributed by atoms with Gasteiger partial charge in [0.25, 0.3) is 0 Å². The first-order valence-electron chi connectivity index (χ1n) is 4.42. The van der Waals surface area contributed by atoms with Gasteiger partial charge in [-0.1, -0.05) is 0 Å². The van der Waals surface area contributed by atoms with E-state index in [0.717, 1.165) is 12.8 Å². The van der Waals surface area contributed by atoms with Crippen molar-refractivity contribution in [2.24, 2.45) is 12.5 Å². The molecule has 0 atom stereocenters. The monoisotopic (exact) mass is 177 g/mol. The topological polar surface area (TPSA) is 41.6 Å². The number of hydrogen-bond donors (Lipinski definition) is 0. The highest BCUT2D eigenvalue weighted by molar-refractivity contribution is 5.05. The molecule has 0 unspecified atom stereocenters. The summed E-state index contributed by atoms with van der Waals surface area (Å²) in [6.07, 6.45) is 5.66. The molecular weight excluding hydrogens is 162 g/mol. The van der Waals surface area contributed by atoms with E-state index in [1.807, 2.05) is 33.3 Å². The molecule has 3 heteroatoms. The summed E-state index contributed by atoms with van der Waals surface area (Å²) in [6, 6.07) is 2.29. The first-order chi connectivity index (χ1) is 6.03. The molecule has 1 aromatic heterocycles. The van der Waals surface area contributed by atoms with Crippen molar-refractivity contribution in [2.75, 3.05) is 0 Å². The van der Waals surface area contributed by atoms with E-state index in [9.17, 15) is 0 Å². The van der Waals surface area contributed by atoms with E-state index in [-0.39, 0.29) is 5.41 Å². The molecule has 1 aromatic rings. The van der Waals surface area contributed by atoms with Crippen molar-refractivity contribution >= 4 is 0 Å².